The highest BCUT2D eigenvalue weighted by Crippen LogP contribution is 2.26. The molecule has 0 spiro atoms. The average Bonchev–Trinajstić information content (AvgIpc) is 2.85. The highest BCUT2D eigenvalue weighted by Gasteiger charge is 2.36. The molecule has 1 aromatic heterocycles. The number of nitrogens with two attached hydrogens (primary N) is 2. The van der Waals surface area contributed by atoms with Gasteiger partial charge in [0.05, 0.1) is 5.92 Å². The predicted octanol–water partition coefficient (Wildman–Crippen LogP) is -1.50. The second-order valence-electron chi connectivity index (χ2n) is 4.30. The number of aryl methyl sites for hydroxylation is 1. The van der Waals surface area contributed by atoms with E-state index in [9.17, 15) is 13.2 Å². The summed E-state index contributed by atoms with van der Waals surface area (Å²) in [5, 5.41) is 3.80. The van der Waals surface area contributed by atoms with Crippen LogP contribution in [0.1, 0.15) is 6.42 Å². The number of carbonyl (C=O) groups excluding carboxylic acids is 1. The molecule has 2 rings (SSSR count). The second-order valence-corrected chi connectivity index (χ2v) is 6.21. The summed E-state index contributed by atoms with van der Waals surface area (Å²) in [5.74, 6) is -0.954. The minimum Gasteiger partial charge on any atom is -0.381 e. The zero-order valence-corrected chi connectivity index (χ0v) is 10.7. The molecule has 0 radical (unpaired) electrons. The lowest BCUT2D eigenvalue weighted by Crippen LogP contribution is -2.32. The predicted molar refractivity (Wildman–Crippen MR) is 63.7 cm³/mol. The van der Waals surface area contributed by atoms with Gasteiger partial charge in [-0.2, -0.15) is 9.40 Å². The molecule has 2 heterocycles. The molecule has 1 aliphatic rings. The normalized spacial score (nSPS) is 21.3. The van der Waals surface area contributed by atoms with Crippen LogP contribution in [0.5, 0.6) is 0 Å². The molecule has 9 heteroatoms. The van der Waals surface area contributed by atoms with E-state index in [4.69, 9.17) is 11.5 Å². The molecule has 0 aromatic carbocycles. The Morgan fingerprint density at radius 2 is 2.22 bits per heavy atom. The van der Waals surface area contributed by atoms with Crippen LogP contribution in [0, 0.1) is 5.92 Å². The van der Waals surface area contributed by atoms with Crippen molar-refractivity contribution in [1.82, 2.24) is 14.1 Å². The van der Waals surface area contributed by atoms with Gasteiger partial charge < -0.3 is 11.5 Å². The molecule has 0 aliphatic carbocycles. The second kappa shape index (κ2) is 4.25. The number of hydrogen-bond acceptors (Lipinski definition) is 5. The van der Waals surface area contributed by atoms with E-state index < -0.39 is 21.8 Å². The molecule has 4 N–H and O–H groups in total. The molecule has 1 unspecified atom stereocenters. The Labute approximate surface area is 105 Å². The molecule has 1 amide bonds. The van der Waals surface area contributed by atoms with Crippen molar-refractivity contribution in [3.63, 3.8) is 0 Å². The van der Waals surface area contributed by atoms with Gasteiger partial charge in [0, 0.05) is 26.3 Å². The quantitative estimate of drug-likeness (QED) is 0.693. The maximum absolute atomic E-state index is 12.3. The molecule has 1 saturated heterocycles. The third-order valence-electron chi connectivity index (χ3n) is 2.99. The first kappa shape index (κ1) is 12.8. The molecule has 100 valence electrons. The number of amides is 1. The van der Waals surface area contributed by atoms with Crippen molar-refractivity contribution in [2.75, 3.05) is 18.8 Å². The van der Waals surface area contributed by atoms with Crippen LogP contribution in [0.2, 0.25) is 0 Å². The van der Waals surface area contributed by atoms with Gasteiger partial charge in [0.2, 0.25) is 15.9 Å². The van der Waals surface area contributed by atoms with Gasteiger partial charge in [0.25, 0.3) is 0 Å². The summed E-state index contributed by atoms with van der Waals surface area (Å²) in [6.07, 6.45) is 1.79. The SMILES string of the molecule is Cn1cc(S(=O)(=O)N2CCC(C(N)=O)C2)c(N)n1. The zero-order valence-electron chi connectivity index (χ0n) is 9.91. The van der Waals surface area contributed by atoms with E-state index in [2.05, 4.69) is 5.10 Å². The standard InChI is InChI=1S/C9H15N5O3S/c1-13-5-7(8(10)12-13)18(16,17)14-3-2-6(4-14)9(11)15/h5-6H,2-4H2,1H3,(H2,10,12)(H2,11,15). The molecular weight excluding hydrogens is 258 g/mol. The Kier molecular flexibility index (Phi) is 3.03. The zero-order chi connectivity index (χ0) is 13.5. The smallest absolute Gasteiger partial charge is 0.248 e. The van der Waals surface area contributed by atoms with E-state index in [0.29, 0.717) is 6.42 Å². The van der Waals surface area contributed by atoms with Crippen LogP contribution in [-0.4, -0.2) is 41.5 Å². The summed E-state index contributed by atoms with van der Waals surface area (Å²) in [5.41, 5.74) is 10.7. The summed E-state index contributed by atoms with van der Waals surface area (Å²) in [6.45, 7) is 0.371. The van der Waals surface area contributed by atoms with E-state index >= 15 is 0 Å². The number of rotatable bonds is 3. The van der Waals surface area contributed by atoms with Crippen molar-refractivity contribution in [3.05, 3.63) is 6.20 Å². The van der Waals surface area contributed by atoms with Gasteiger partial charge in [-0.25, -0.2) is 8.42 Å². The lowest BCUT2D eigenvalue weighted by molar-refractivity contribution is -0.121. The van der Waals surface area contributed by atoms with Crippen LogP contribution in [0.25, 0.3) is 0 Å². The van der Waals surface area contributed by atoms with E-state index in [1.165, 1.54) is 15.2 Å². The Balaban J connectivity index is 2.28. The first-order chi connectivity index (χ1) is 8.32. The third kappa shape index (κ3) is 2.06. The Morgan fingerprint density at radius 1 is 1.56 bits per heavy atom. The molecule has 1 aromatic rings. The van der Waals surface area contributed by atoms with Crippen molar-refractivity contribution in [3.8, 4) is 0 Å². The summed E-state index contributed by atoms with van der Waals surface area (Å²) in [4.78, 5) is 11.0. The van der Waals surface area contributed by atoms with Crippen LogP contribution in [-0.2, 0) is 21.9 Å². The van der Waals surface area contributed by atoms with Gasteiger partial charge in [-0.1, -0.05) is 0 Å². The van der Waals surface area contributed by atoms with Crippen molar-refractivity contribution in [2.24, 2.45) is 18.7 Å². The van der Waals surface area contributed by atoms with Gasteiger partial charge in [0.15, 0.2) is 5.82 Å². The van der Waals surface area contributed by atoms with Crippen molar-refractivity contribution < 1.29 is 13.2 Å². The fourth-order valence-electron chi connectivity index (χ4n) is 2.00. The lowest BCUT2D eigenvalue weighted by Gasteiger charge is -2.14. The summed E-state index contributed by atoms with van der Waals surface area (Å²) >= 11 is 0. The number of anilines is 1. The molecule has 0 saturated carbocycles. The number of carbonyl (C=O) groups is 1. The Morgan fingerprint density at radius 3 is 2.67 bits per heavy atom. The van der Waals surface area contributed by atoms with E-state index in [-0.39, 0.29) is 23.8 Å². The summed E-state index contributed by atoms with van der Waals surface area (Å²) in [6, 6.07) is 0. The van der Waals surface area contributed by atoms with Crippen molar-refractivity contribution in [2.45, 2.75) is 11.3 Å². The lowest BCUT2D eigenvalue weighted by atomic mass is 10.1. The summed E-state index contributed by atoms with van der Waals surface area (Å²) < 4.78 is 27.1. The number of nitrogens with zero attached hydrogens (tertiary/aromatic N) is 3. The van der Waals surface area contributed by atoms with Gasteiger partial charge in [-0.15, -0.1) is 0 Å². The molecule has 0 bridgehead atoms. The van der Waals surface area contributed by atoms with Crippen LogP contribution >= 0.6 is 0 Å². The molecule has 1 aliphatic heterocycles. The van der Waals surface area contributed by atoms with Crippen molar-refractivity contribution in [1.29, 1.82) is 0 Å². The molecule has 18 heavy (non-hydrogen) atoms. The minimum atomic E-state index is -3.70. The summed E-state index contributed by atoms with van der Waals surface area (Å²) in [7, 11) is -2.11. The average molecular weight is 273 g/mol. The van der Waals surface area contributed by atoms with E-state index in [1.807, 2.05) is 0 Å². The fraction of sp³-hybridized carbons (Fsp3) is 0.556. The highest BCUT2D eigenvalue weighted by atomic mass is 32.2. The van der Waals surface area contributed by atoms with Crippen molar-refractivity contribution >= 4 is 21.7 Å². The number of primary amides is 1. The largest absolute Gasteiger partial charge is 0.381 e. The number of aromatic nitrogens is 2. The molecule has 8 nitrogen and oxygen atoms in total. The topological polar surface area (TPSA) is 124 Å². The van der Waals surface area contributed by atoms with Gasteiger partial charge >= 0.3 is 0 Å². The maximum atomic E-state index is 12.3. The Bertz CT molecular complexity index is 579. The first-order valence-corrected chi connectivity index (χ1v) is 6.85. The minimum absolute atomic E-state index is 0.0323. The van der Waals surface area contributed by atoms with Crippen LogP contribution in [0.3, 0.4) is 0 Å². The van der Waals surface area contributed by atoms with Gasteiger partial charge in [-0.3, -0.25) is 9.48 Å². The van der Waals surface area contributed by atoms with E-state index in [1.54, 1.807) is 7.05 Å². The molecule has 1 fully saturated rings. The molecule has 1 atom stereocenters. The van der Waals surface area contributed by atoms with Crippen LogP contribution < -0.4 is 11.5 Å². The Hall–Kier alpha value is -1.61. The number of hydrogen-bond donors (Lipinski definition) is 2. The fourth-order valence-corrected chi connectivity index (χ4v) is 3.59. The number of sulfonamides is 1. The van der Waals surface area contributed by atoms with Crippen LogP contribution in [0.15, 0.2) is 11.1 Å². The maximum Gasteiger partial charge on any atom is 0.248 e. The first-order valence-electron chi connectivity index (χ1n) is 5.41. The highest BCUT2D eigenvalue weighted by molar-refractivity contribution is 7.89. The number of nitrogen functional groups attached to an aromatic ring is 1. The molecular formula is C9H15N5O3S. The van der Waals surface area contributed by atoms with E-state index in [0.717, 1.165) is 0 Å². The van der Waals surface area contributed by atoms with Gasteiger partial charge in [-0.05, 0) is 6.42 Å². The van der Waals surface area contributed by atoms with Crippen LogP contribution in [0.4, 0.5) is 5.82 Å². The monoisotopic (exact) mass is 273 g/mol. The van der Waals surface area contributed by atoms with Gasteiger partial charge in [0.1, 0.15) is 4.90 Å². The third-order valence-corrected chi connectivity index (χ3v) is 4.88.